The molecule has 1 N–H and O–H groups in total. The topological polar surface area (TPSA) is 21.3 Å². The van der Waals surface area contributed by atoms with Crippen LogP contribution in [-0.4, -0.2) is 25.3 Å². The molecule has 31 heavy (non-hydrogen) atoms. The Bertz CT molecular complexity index is 919. The molecule has 2 aromatic rings. The molecule has 174 valence electrons. The molecule has 0 fully saturated rings. The Balaban J connectivity index is 0.00000240. The van der Waals surface area contributed by atoms with E-state index in [2.05, 4.69) is 98.0 Å². The van der Waals surface area contributed by atoms with E-state index < -0.39 is 23.4 Å². The summed E-state index contributed by atoms with van der Waals surface area (Å²) in [5.41, 5.74) is 5.74. The summed E-state index contributed by atoms with van der Waals surface area (Å²) in [6, 6.07) is 17.9. The molecule has 0 unspecified atom stereocenters. The normalized spacial score (nSPS) is 14.3. The summed E-state index contributed by atoms with van der Waals surface area (Å²) in [5, 5.41) is 2.51. The molecule has 0 saturated heterocycles. The van der Waals surface area contributed by atoms with Crippen LogP contribution in [0.15, 0.2) is 48.5 Å². The standard InChI is InChI=1S/C13H9.C6H15OSi.C4H10N.CH3.CH2.2ClH.Ti/c1-3-7-12-10(5-1)9-11-6-2-4-8-13(11)12;1-5-6-7-8(2,3)4;1-4(2,3)5;;;;;/h1-9H;1,5-6H2,2-4H3;5H,1-3H3;1H3;1H2;2*1H;/q;;-1;;;;;+1. The van der Waals surface area contributed by atoms with Gasteiger partial charge in [-0.3, -0.25) is 0 Å². The van der Waals surface area contributed by atoms with Crippen LogP contribution in [0.2, 0.25) is 29.6 Å². The summed E-state index contributed by atoms with van der Waals surface area (Å²) < 4.78 is 11.9. The first-order valence-electron chi connectivity index (χ1n) is 11.0. The van der Waals surface area contributed by atoms with Crippen LogP contribution in [0.1, 0.15) is 42.5 Å². The third-order valence-corrected chi connectivity index (χ3v) is 15.7. The molecular weight excluding hydrogens is 477 g/mol. The van der Waals surface area contributed by atoms with E-state index in [9.17, 15) is 0 Å². The van der Waals surface area contributed by atoms with Crippen LogP contribution in [0, 0.1) is 0 Å². The van der Waals surface area contributed by atoms with Gasteiger partial charge in [0, 0.05) is 0 Å². The summed E-state index contributed by atoms with van der Waals surface area (Å²) >= 11 is -3.48. The molecule has 0 aliphatic heterocycles. The van der Waals surface area contributed by atoms with Gasteiger partial charge in [-0.15, -0.1) is 24.8 Å². The second-order valence-electron chi connectivity index (χ2n) is 11.4. The molecule has 0 aromatic heterocycles. The molecule has 0 saturated carbocycles. The zero-order valence-electron chi connectivity index (χ0n) is 20.2. The first kappa shape index (κ1) is 28.8. The Morgan fingerprint density at radius 3 is 1.81 bits per heavy atom. The van der Waals surface area contributed by atoms with Gasteiger partial charge in [-0.1, -0.05) is 0 Å². The molecule has 2 nitrogen and oxygen atoms in total. The second-order valence-corrected chi connectivity index (χ2v) is 25.5. The Morgan fingerprint density at radius 1 is 0.935 bits per heavy atom. The van der Waals surface area contributed by atoms with Crippen LogP contribution in [0.25, 0.3) is 11.1 Å². The summed E-state index contributed by atoms with van der Waals surface area (Å²) in [5.74, 6) is 0. The monoisotopic (exact) mass is 517 g/mol. The molecule has 2 aromatic carbocycles. The van der Waals surface area contributed by atoms with Gasteiger partial charge in [0.1, 0.15) is 0 Å². The van der Waals surface area contributed by atoms with E-state index in [0.29, 0.717) is 4.22 Å². The maximum atomic E-state index is 6.22. The molecule has 0 atom stereocenters. The van der Waals surface area contributed by atoms with Gasteiger partial charge < -0.3 is 0 Å². The summed E-state index contributed by atoms with van der Waals surface area (Å²) in [7, 11) is -1.49. The Hall–Kier alpha value is -0.259. The van der Waals surface area contributed by atoms with Crippen molar-refractivity contribution in [3.63, 3.8) is 0 Å². The van der Waals surface area contributed by atoms with Crippen LogP contribution in [0.4, 0.5) is 0 Å². The first-order chi connectivity index (χ1) is 13.3. The minimum absolute atomic E-state index is 0. The van der Waals surface area contributed by atoms with Gasteiger partial charge >= 0.3 is 180 Å². The van der Waals surface area contributed by atoms with Crippen molar-refractivity contribution in [1.82, 2.24) is 3.80 Å². The average molecular weight is 518 g/mol. The zero-order chi connectivity index (χ0) is 21.5. The van der Waals surface area contributed by atoms with E-state index in [0.717, 1.165) is 17.8 Å². The summed E-state index contributed by atoms with van der Waals surface area (Å²) in [6.45, 7) is 14.5. The summed E-state index contributed by atoms with van der Waals surface area (Å²) in [6.07, 6.45) is 1.07. The van der Waals surface area contributed by atoms with Crippen LogP contribution in [-0.2, 0) is 19.5 Å². The SMILES string of the molecule is Cl.Cl.[CH2]=[Ti]([CH3])([CH2]CCO[Si](C)(C)C)([NH]C(C)(C)C)[CH]1c2ccccc2-c2ccccc21. The van der Waals surface area contributed by atoms with Gasteiger partial charge in [0.25, 0.3) is 0 Å². The second kappa shape index (κ2) is 9.93. The van der Waals surface area contributed by atoms with Crippen LogP contribution in [0.5, 0.6) is 0 Å². The zero-order valence-corrected chi connectivity index (χ0v) is 24.4. The Kier molecular flexibility index (Phi) is 9.22. The van der Waals surface area contributed by atoms with Crippen molar-refractivity contribution in [2.24, 2.45) is 0 Å². The number of hydrogen-bond acceptors (Lipinski definition) is 2. The van der Waals surface area contributed by atoms with Gasteiger partial charge in [0.15, 0.2) is 0 Å². The van der Waals surface area contributed by atoms with Gasteiger partial charge in [-0.25, -0.2) is 0 Å². The van der Waals surface area contributed by atoms with Crippen LogP contribution < -0.4 is 3.80 Å². The number of nitrogens with one attached hydrogen (secondary N) is 1. The molecule has 0 radical (unpaired) electrons. The third-order valence-electron chi connectivity index (χ3n) is 5.98. The number of hydrogen-bond donors (Lipinski definition) is 1. The van der Waals surface area contributed by atoms with Crippen LogP contribution in [0.3, 0.4) is 0 Å². The van der Waals surface area contributed by atoms with E-state index in [1.165, 1.54) is 22.3 Å². The molecular formula is C25H41Cl2NOSiTi. The van der Waals surface area contributed by atoms with Crippen molar-refractivity contribution in [2.75, 3.05) is 6.61 Å². The van der Waals surface area contributed by atoms with Crippen LogP contribution >= 0.6 is 24.8 Å². The average Bonchev–Trinajstić information content (AvgIpc) is 2.92. The Morgan fingerprint density at radius 2 is 1.39 bits per heavy atom. The molecule has 1 aliphatic rings. The molecule has 3 rings (SSSR count). The first-order valence-corrected chi connectivity index (χ1v) is 19.8. The predicted molar refractivity (Wildman–Crippen MR) is 143 cm³/mol. The number of benzene rings is 2. The van der Waals surface area contributed by atoms with E-state index in [1.807, 2.05) is 0 Å². The minimum atomic E-state index is -3.48. The number of halogens is 2. The van der Waals surface area contributed by atoms with Gasteiger partial charge in [0.2, 0.25) is 0 Å². The van der Waals surface area contributed by atoms with E-state index in [4.69, 9.17) is 9.24 Å². The maximum absolute atomic E-state index is 6.22. The fourth-order valence-electron chi connectivity index (χ4n) is 5.41. The van der Waals surface area contributed by atoms with E-state index in [-0.39, 0.29) is 30.4 Å². The predicted octanol–water partition coefficient (Wildman–Crippen LogP) is 7.73. The molecule has 0 heterocycles. The van der Waals surface area contributed by atoms with Crippen molar-refractivity contribution in [2.45, 2.75) is 66.5 Å². The number of rotatable bonds is 7. The fraction of sp³-hybridized carbons (Fsp3) is 0.480. The Labute approximate surface area is 204 Å². The van der Waals surface area contributed by atoms with Gasteiger partial charge in [-0.05, 0) is 0 Å². The summed E-state index contributed by atoms with van der Waals surface area (Å²) in [4.78, 5) is 5.14. The van der Waals surface area contributed by atoms with Crippen molar-refractivity contribution >= 4 is 37.9 Å². The number of fused-ring (bicyclic) bond motifs is 3. The quantitative estimate of drug-likeness (QED) is 0.299. The van der Waals surface area contributed by atoms with Crippen molar-refractivity contribution in [3.05, 3.63) is 59.7 Å². The van der Waals surface area contributed by atoms with E-state index in [1.54, 1.807) is 0 Å². The fourth-order valence-corrected chi connectivity index (χ4v) is 15.9. The van der Waals surface area contributed by atoms with Gasteiger partial charge in [-0.2, -0.15) is 0 Å². The molecule has 0 bridgehead atoms. The molecule has 0 amide bonds. The third kappa shape index (κ3) is 6.63. The molecule has 6 heteroatoms. The van der Waals surface area contributed by atoms with Crippen molar-refractivity contribution < 1.29 is 19.5 Å². The molecule has 0 spiro atoms. The molecule has 1 aliphatic carbocycles. The van der Waals surface area contributed by atoms with Gasteiger partial charge in [0.05, 0.1) is 0 Å². The van der Waals surface area contributed by atoms with Crippen molar-refractivity contribution in [3.8, 4) is 11.1 Å². The van der Waals surface area contributed by atoms with E-state index >= 15 is 0 Å². The van der Waals surface area contributed by atoms with Crippen molar-refractivity contribution in [1.29, 1.82) is 0 Å².